The van der Waals surface area contributed by atoms with E-state index in [1.165, 1.54) is 0 Å². The van der Waals surface area contributed by atoms with E-state index in [2.05, 4.69) is 11.9 Å². The molecule has 152 valence electrons. The summed E-state index contributed by atoms with van der Waals surface area (Å²) in [5.41, 5.74) is 1.53. The van der Waals surface area contributed by atoms with Gasteiger partial charge in [-0.05, 0) is 43.7 Å². The SMILES string of the molecule is C=CCN1C(=O)C(C)(C)COc2cc(NC(=O)Cc3ccc(OC)cc3)ccc21. The first-order chi connectivity index (χ1) is 13.8. The molecule has 3 rings (SSSR count). The average Bonchev–Trinajstić information content (AvgIpc) is 2.79. The van der Waals surface area contributed by atoms with Crippen LogP contribution in [0.5, 0.6) is 11.5 Å². The van der Waals surface area contributed by atoms with Crippen LogP contribution >= 0.6 is 0 Å². The van der Waals surface area contributed by atoms with Crippen LogP contribution in [0.4, 0.5) is 11.4 Å². The van der Waals surface area contributed by atoms with Gasteiger partial charge in [-0.15, -0.1) is 6.58 Å². The quantitative estimate of drug-likeness (QED) is 0.757. The van der Waals surface area contributed by atoms with Crippen LogP contribution in [0.1, 0.15) is 19.4 Å². The highest BCUT2D eigenvalue weighted by Crippen LogP contribution is 2.38. The van der Waals surface area contributed by atoms with Crippen LogP contribution in [-0.2, 0) is 16.0 Å². The van der Waals surface area contributed by atoms with E-state index >= 15 is 0 Å². The summed E-state index contributed by atoms with van der Waals surface area (Å²) in [5, 5.41) is 2.89. The standard InChI is InChI=1S/C23H26N2O4/c1-5-12-25-19-11-8-17(14-20(19)29-15-23(2,3)22(25)27)24-21(26)13-16-6-9-18(28-4)10-7-16/h5-11,14H,1,12-13,15H2,2-4H3,(H,24,26). The lowest BCUT2D eigenvalue weighted by molar-refractivity contribution is -0.127. The topological polar surface area (TPSA) is 67.9 Å². The molecule has 0 fully saturated rings. The Morgan fingerprint density at radius 3 is 2.66 bits per heavy atom. The van der Waals surface area contributed by atoms with Crippen molar-refractivity contribution in [1.29, 1.82) is 0 Å². The van der Waals surface area contributed by atoms with Crippen molar-refractivity contribution >= 4 is 23.2 Å². The fourth-order valence-electron chi connectivity index (χ4n) is 3.17. The van der Waals surface area contributed by atoms with Crippen molar-refractivity contribution in [3.63, 3.8) is 0 Å². The first kappa shape index (κ1) is 20.5. The van der Waals surface area contributed by atoms with Crippen LogP contribution in [0.2, 0.25) is 0 Å². The number of carbonyl (C=O) groups excluding carboxylic acids is 2. The molecule has 0 unspecified atom stereocenters. The molecule has 2 aromatic carbocycles. The van der Waals surface area contributed by atoms with Gasteiger partial charge in [0.15, 0.2) is 0 Å². The zero-order valence-electron chi connectivity index (χ0n) is 17.0. The van der Waals surface area contributed by atoms with E-state index in [9.17, 15) is 9.59 Å². The van der Waals surface area contributed by atoms with Gasteiger partial charge < -0.3 is 19.7 Å². The molecule has 0 saturated carbocycles. The van der Waals surface area contributed by atoms with Crippen molar-refractivity contribution in [2.24, 2.45) is 5.41 Å². The number of anilines is 2. The molecule has 1 heterocycles. The average molecular weight is 394 g/mol. The molecular weight excluding hydrogens is 368 g/mol. The monoisotopic (exact) mass is 394 g/mol. The molecule has 0 aliphatic carbocycles. The van der Waals surface area contributed by atoms with Gasteiger partial charge in [0.2, 0.25) is 11.8 Å². The maximum absolute atomic E-state index is 12.9. The summed E-state index contributed by atoms with van der Waals surface area (Å²) in [6.07, 6.45) is 1.93. The van der Waals surface area contributed by atoms with Crippen LogP contribution < -0.4 is 19.7 Å². The van der Waals surface area contributed by atoms with Crippen molar-refractivity contribution in [1.82, 2.24) is 0 Å². The summed E-state index contributed by atoms with van der Waals surface area (Å²) in [7, 11) is 1.60. The second-order valence-electron chi connectivity index (χ2n) is 7.63. The van der Waals surface area contributed by atoms with Crippen LogP contribution in [0.3, 0.4) is 0 Å². The predicted octanol–water partition coefficient (Wildman–Crippen LogP) is 3.81. The molecule has 0 saturated heterocycles. The Bertz CT molecular complexity index is 919. The van der Waals surface area contributed by atoms with Crippen molar-refractivity contribution in [2.45, 2.75) is 20.3 Å². The fraction of sp³-hybridized carbons (Fsp3) is 0.304. The fourth-order valence-corrected chi connectivity index (χ4v) is 3.17. The Labute approximate surface area is 171 Å². The third-order valence-electron chi connectivity index (χ3n) is 4.78. The number of nitrogens with zero attached hydrogens (tertiary/aromatic N) is 1. The van der Waals surface area contributed by atoms with E-state index in [4.69, 9.17) is 9.47 Å². The molecule has 6 heteroatoms. The first-order valence-corrected chi connectivity index (χ1v) is 9.46. The second kappa shape index (κ2) is 8.39. The summed E-state index contributed by atoms with van der Waals surface area (Å²) in [6.45, 7) is 8.11. The number of fused-ring (bicyclic) bond motifs is 1. The Kier molecular flexibility index (Phi) is 5.92. The number of carbonyl (C=O) groups is 2. The van der Waals surface area contributed by atoms with E-state index in [0.717, 1.165) is 11.3 Å². The Hall–Kier alpha value is -3.28. The van der Waals surface area contributed by atoms with E-state index in [-0.39, 0.29) is 24.8 Å². The minimum absolute atomic E-state index is 0.0209. The van der Waals surface area contributed by atoms with Crippen LogP contribution in [-0.4, -0.2) is 32.1 Å². The lowest BCUT2D eigenvalue weighted by atomic mass is 9.93. The molecule has 1 aliphatic heterocycles. The summed E-state index contributed by atoms with van der Waals surface area (Å²) >= 11 is 0. The number of hydrogen-bond donors (Lipinski definition) is 1. The van der Waals surface area contributed by atoms with Gasteiger partial charge in [-0.25, -0.2) is 0 Å². The van der Waals surface area contributed by atoms with Crippen molar-refractivity contribution < 1.29 is 19.1 Å². The van der Waals surface area contributed by atoms with Gasteiger partial charge in [0, 0.05) is 18.3 Å². The van der Waals surface area contributed by atoms with E-state index in [0.29, 0.717) is 23.7 Å². The number of nitrogens with one attached hydrogen (secondary N) is 1. The zero-order valence-corrected chi connectivity index (χ0v) is 17.0. The summed E-state index contributed by atoms with van der Waals surface area (Å²) < 4.78 is 11.0. The minimum atomic E-state index is -0.653. The van der Waals surface area contributed by atoms with Gasteiger partial charge in [-0.3, -0.25) is 9.59 Å². The number of amides is 2. The van der Waals surface area contributed by atoms with Crippen molar-refractivity contribution in [2.75, 3.05) is 30.5 Å². The highest BCUT2D eigenvalue weighted by Gasteiger charge is 2.37. The molecule has 0 spiro atoms. The predicted molar refractivity (Wildman–Crippen MR) is 114 cm³/mol. The summed E-state index contributed by atoms with van der Waals surface area (Å²) in [4.78, 5) is 26.9. The van der Waals surface area contributed by atoms with Gasteiger partial charge in [-0.2, -0.15) is 0 Å². The number of benzene rings is 2. The number of methoxy groups -OCH3 is 1. The molecule has 2 aromatic rings. The number of hydrogen-bond acceptors (Lipinski definition) is 4. The summed E-state index contributed by atoms with van der Waals surface area (Å²) in [6, 6.07) is 12.7. The normalized spacial score (nSPS) is 15.0. The van der Waals surface area contributed by atoms with Gasteiger partial charge >= 0.3 is 0 Å². The largest absolute Gasteiger partial charge is 0.497 e. The molecule has 1 N–H and O–H groups in total. The summed E-state index contributed by atoms with van der Waals surface area (Å²) in [5.74, 6) is 1.15. The van der Waals surface area contributed by atoms with Crippen LogP contribution in [0.15, 0.2) is 55.1 Å². The van der Waals surface area contributed by atoms with Crippen molar-refractivity contribution in [3.8, 4) is 11.5 Å². The maximum Gasteiger partial charge on any atom is 0.236 e. The van der Waals surface area contributed by atoms with Gasteiger partial charge in [0.05, 0.1) is 24.6 Å². The van der Waals surface area contributed by atoms with E-state index in [1.807, 2.05) is 38.1 Å². The molecule has 6 nitrogen and oxygen atoms in total. The second-order valence-corrected chi connectivity index (χ2v) is 7.63. The van der Waals surface area contributed by atoms with E-state index in [1.54, 1.807) is 36.3 Å². The first-order valence-electron chi connectivity index (χ1n) is 9.46. The molecule has 0 radical (unpaired) electrons. The van der Waals surface area contributed by atoms with Gasteiger partial charge in [0.1, 0.15) is 18.1 Å². The lowest BCUT2D eigenvalue weighted by Gasteiger charge is -2.27. The maximum atomic E-state index is 12.9. The Morgan fingerprint density at radius 1 is 1.28 bits per heavy atom. The number of ether oxygens (including phenoxy) is 2. The highest BCUT2D eigenvalue weighted by atomic mass is 16.5. The molecule has 0 aromatic heterocycles. The highest BCUT2D eigenvalue weighted by molar-refractivity contribution is 6.00. The molecule has 0 bridgehead atoms. The molecule has 2 amide bonds. The number of rotatable bonds is 6. The van der Waals surface area contributed by atoms with Crippen LogP contribution in [0.25, 0.3) is 0 Å². The van der Waals surface area contributed by atoms with Crippen LogP contribution in [0, 0.1) is 5.41 Å². The van der Waals surface area contributed by atoms with E-state index < -0.39 is 5.41 Å². The Balaban J connectivity index is 1.77. The molecule has 1 aliphatic rings. The minimum Gasteiger partial charge on any atom is -0.497 e. The van der Waals surface area contributed by atoms with Gasteiger partial charge in [0.25, 0.3) is 0 Å². The van der Waals surface area contributed by atoms with Gasteiger partial charge in [-0.1, -0.05) is 18.2 Å². The third-order valence-corrected chi connectivity index (χ3v) is 4.78. The Morgan fingerprint density at radius 2 is 2.00 bits per heavy atom. The third kappa shape index (κ3) is 4.59. The molecule has 0 atom stereocenters. The zero-order chi connectivity index (χ0) is 21.0. The lowest BCUT2D eigenvalue weighted by Crippen LogP contribution is -2.42. The molecule has 29 heavy (non-hydrogen) atoms. The van der Waals surface area contributed by atoms with Crippen molar-refractivity contribution in [3.05, 3.63) is 60.7 Å². The molecular formula is C23H26N2O4. The smallest absolute Gasteiger partial charge is 0.236 e.